The fourth-order valence-electron chi connectivity index (χ4n) is 4.27. The fourth-order valence-corrected chi connectivity index (χ4v) is 4.27. The van der Waals surface area contributed by atoms with Gasteiger partial charge in [0.1, 0.15) is 18.9 Å². The molecule has 1 aliphatic rings. The Balaban J connectivity index is 1.22. The van der Waals surface area contributed by atoms with E-state index in [4.69, 9.17) is 9.47 Å². The summed E-state index contributed by atoms with van der Waals surface area (Å²) in [6.45, 7) is -0.522. The quantitative estimate of drug-likeness (QED) is 0.417. The Morgan fingerprint density at radius 2 is 1.58 bits per heavy atom. The molecule has 7 heteroatoms. The molecule has 0 saturated heterocycles. The summed E-state index contributed by atoms with van der Waals surface area (Å²) in [6, 6.07) is 29.5. The highest BCUT2D eigenvalue weighted by molar-refractivity contribution is 6.00. The molecule has 0 radical (unpaired) electrons. The molecule has 4 aromatic carbocycles. The fraction of sp³-hybridized carbons (Fsp3) is 0.138. The Hall–Kier alpha value is -4.65. The van der Waals surface area contributed by atoms with Gasteiger partial charge < -0.3 is 14.8 Å². The number of benzene rings is 4. The number of hydrogen-bond donors (Lipinski definition) is 1. The highest BCUT2D eigenvalue weighted by atomic mass is 16.5. The summed E-state index contributed by atoms with van der Waals surface area (Å²) < 4.78 is 11.1. The van der Waals surface area contributed by atoms with Crippen LogP contribution in [-0.2, 0) is 14.3 Å². The van der Waals surface area contributed by atoms with Crippen LogP contribution in [0.3, 0.4) is 0 Å². The van der Waals surface area contributed by atoms with Gasteiger partial charge in [-0.1, -0.05) is 72.8 Å². The lowest BCUT2D eigenvalue weighted by Gasteiger charge is -2.37. The minimum atomic E-state index is -0.699. The van der Waals surface area contributed by atoms with Crippen LogP contribution in [0.15, 0.2) is 97.1 Å². The highest BCUT2D eigenvalue weighted by Gasteiger charge is 2.33. The van der Waals surface area contributed by atoms with Crippen molar-refractivity contribution in [3.05, 3.63) is 108 Å². The van der Waals surface area contributed by atoms with Crippen LogP contribution in [0.1, 0.15) is 22.0 Å². The molecule has 0 spiro atoms. The molecule has 5 rings (SSSR count). The lowest BCUT2D eigenvalue weighted by Crippen LogP contribution is -2.43. The van der Waals surface area contributed by atoms with Crippen LogP contribution in [0.2, 0.25) is 0 Å². The highest BCUT2D eigenvalue weighted by Crippen LogP contribution is 2.39. The van der Waals surface area contributed by atoms with E-state index in [1.54, 1.807) is 29.2 Å². The van der Waals surface area contributed by atoms with Crippen LogP contribution in [0.25, 0.3) is 10.8 Å². The standard InChI is InChI=1S/C29H24N2O5/c32-27(31-24-12-6-7-13-26(24)35-18-25(31)21-9-2-1-3-10-21)19-36-28(33)17-30-29(34)23-15-14-20-8-4-5-11-22(20)16-23/h1-16,25H,17-19H2,(H,30,34). The molecule has 2 amide bonds. The Kier molecular flexibility index (Phi) is 6.62. The lowest BCUT2D eigenvalue weighted by molar-refractivity contribution is -0.147. The zero-order valence-electron chi connectivity index (χ0n) is 19.4. The topological polar surface area (TPSA) is 84.9 Å². The van der Waals surface area contributed by atoms with E-state index >= 15 is 0 Å². The molecule has 1 N–H and O–H groups in total. The first kappa shape index (κ1) is 23.1. The van der Waals surface area contributed by atoms with Gasteiger partial charge >= 0.3 is 5.97 Å². The zero-order chi connectivity index (χ0) is 24.9. The number of ether oxygens (including phenoxy) is 2. The molecule has 1 heterocycles. The average molecular weight is 481 g/mol. The molecule has 1 unspecified atom stereocenters. The lowest BCUT2D eigenvalue weighted by atomic mass is 10.0. The Bertz CT molecular complexity index is 1420. The molecular weight excluding hydrogens is 456 g/mol. The number of amides is 2. The van der Waals surface area contributed by atoms with Gasteiger partial charge in [-0.3, -0.25) is 19.3 Å². The Labute approximate surface area is 208 Å². The van der Waals surface area contributed by atoms with Crippen LogP contribution in [-0.4, -0.2) is 37.5 Å². The molecule has 36 heavy (non-hydrogen) atoms. The predicted molar refractivity (Wildman–Crippen MR) is 136 cm³/mol. The van der Waals surface area contributed by atoms with Crippen molar-refractivity contribution in [1.29, 1.82) is 0 Å². The van der Waals surface area contributed by atoms with Crippen LogP contribution in [0.5, 0.6) is 5.75 Å². The molecule has 0 saturated carbocycles. The molecule has 7 nitrogen and oxygen atoms in total. The number of fused-ring (bicyclic) bond motifs is 2. The van der Waals surface area contributed by atoms with Crippen LogP contribution < -0.4 is 15.0 Å². The van der Waals surface area contributed by atoms with Crippen molar-refractivity contribution in [2.75, 3.05) is 24.7 Å². The van der Waals surface area contributed by atoms with E-state index in [0.29, 0.717) is 17.0 Å². The van der Waals surface area contributed by atoms with Gasteiger partial charge in [0, 0.05) is 5.56 Å². The maximum Gasteiger partial charge on any atom is 0.325 e. The minimum absolute atomic E-state index is 0.280. The first-order valence-electron chi connectivity index (χ1n) is 11.6. The van der Waals surface area contributed by atoms with Crippen LogP contribution in [0, 0.1) is 0 Å². The maximum absolute atomic E-state index is 13.2. The average Bonchev–Trinajstić information content (AvgIpc) is 2.94. The summed E-state index contributed by atoms with van der Waals surface area (Å²) in [5.74, 6) is -0.883. The van der Waals surface area contributed by atoms with E-state index in [-0.39, 0.29) is 25.1 Å². The van der Waals surface area contributed by atoms with Crippen molar-refractivity contribution in [2.24, 2.45) is 0 Å². The van der Waals surface area contributed by atoms with Crippen molar-refractivity contribution in [3.8, 4) is 5.75 Å². The van der Waals surface area contributed by atoms with Crippen molar-refractivity contribution in [1.82, 2.24) is 5.32 Å². The van der Waals surface area contributed by atoms with Crippen molar-refractivity contribution in [3.63, 3.8) is 0 Å². The summed E-state index contributed by atoms with van der Waals surface area (Å²) in [7, 11) is 0. The normalized spacial score (nSPS) is 14.4. The van der Waals surface area contributed by atoms with E-state index < -0.39 is 18.5 Å². The first-order chi connectivity index (χ1) is 17.6. The third-order valence-corrected chi connectivity index (χ3v) is 6.05. The second kappa shape index (κ2) is 10.3. The van der Waals surface area contributed by atoms with Gasteiger partial charge in [-0.2, -0.15) is 0 Å². The number of para-hydroxylation sites is 2. The monoisotopic (exact) mass is 480 g/mol. The number of anilines is 1. The second-order valence-corrected chi connectivity index (χ2v) is 8.37. The molecule has 180 valence electrons. The van der Waals surface area contributed by atoms with Gasteiger partial charge in [-0.15, -0.1) is 0 Å². The second-order valence-electron chi connectivity index (χ2n) is 8.37. The summed E-state index contributed by atoms with van der Waals surface area (Å²) >= 11 is 0. The van der Waals surface area contributed by atoms with E-state index in [2.05, 4.69) is 5.32 Å². The molecule has 0 aromatic heterocycles. The smallest absolute Gasteiger partial charge is 0.325 e. The van der Waals surface area contributed by atoms with Gasteiger partial charge in [-0.05, 0) is 40.6 Å². The summed E-state index contributed by atoms with van der Waals surface area (Å²) in [6.07, 6.45) is 0. The maximum atomic E-state index is 13.2. The molecule has 0 aliphatic carbocycles. The van der Waals surface area contributed by atoms with Crippen LogP contribution >= 0.6 is 0 Å². The summed E-state index contributed by atoms with van der Waals surface area (Å²) in [4.78, 5) is 39.7. The number of hydrogen-bond acceptors (Lipinski definition) is 5. The minimum Gasteiger partial charge on any atom is -0.489 e. The molecule has 4 aromatic rings. The number of esters is 1. The summed E-state index contributed by atoms with van der Waals surface area (Å²) in [5, 5.41) is 4.51. The molecule has 1 aliphatic heterocycles. The molecular formula is C29H24N2O5. The van der Waals surface area contributed by atoms with Gasteiger partial charge in [0.15, 0.2) is 6.61 Å². The van der Waals surface area contributed by atoms with Gasteiger partial charge in [0.2, 0.25) is 0 Å². The van der Waals surface area contributed by atoms with E-state index in [1.165, 1.54) is 0 Å². The number of carbonyl (C=O) groups excluding carboxylic acids is 3. The largest absolute Gasteiger partial charge is 0.489 e. The first-order valence-corrected chi connectivity index (χ1v) is 11.6. The van der Waals surface area contributed by atoms with Gasteiger partial charge in [-0.25, -0.2) is 0 Å². The van der Waals surface area contributed by atoms with Gasteiger partial charge in [0.25, 0.3) is 11.8 Å². The number of carbonyl (C=O) groups is 3. The third kappa shape index (κ3) is 4.90. The van der Waals surface area contributed by atoms with Crippen molar-refractivity contribution < 1.29 is 23.9 Å². The number of nitrogens with one attached hydrogen (secondary N) is 1. The predicted octanol–water partition coefficient (Wildman–Crippen LogP) is 4.28. The molecule has 0 bridgehead atoms. The van der Waals surface area contributed by atoms with E-state index in [0.717, 1.165) is 16.3 Å². The SMILES string of the molecule is O=C(CNC(=O)c1ccc2ccccc2c1)OCC(=O)N1c2ccccc2OCC1c1ccccc1. The van der Waals surface area contributed by atoms with Crippen molar-refractivity contribution in [2.45, 2.75) is 6.04 Å². The zero-order valence-corrected chi connectivity index (χ0v) is 19.4. The summed E-state index contributed by atoms with van der Waals surface area (Å²) in [5.41, 5.74) is 1.96. The third-order valence-electron chi connectivity index (χ3n) is 6.05. The van der Waals surface area contributed by atoms with Gasteiger partial charge in [0.05, 0.1) is 11.7 Å². The Morgan fingerprint density at radius 1 is 0.861 bits per heavy atom. The van der Waals surface area contributed by atoms with Crippen LogP contribution in [0.4, 0.5) is 5.69 Å². The van der Waals surface area contributed by atoms with Crippen molar-refractivity contribution >= 4 is 34.2 Å². The Morgan fingerprint density at radius 3 is 2.42 bits per heavy atom. The molecule has 1 atom stereocenters. The number of nitrogens with zero attached hydrogens (tertiary/aromatic N) is 1. The number of rotatable bonds is 6. The van der Waals surface area contributed by atoms with E-state index in [1.807, 2.05) is 72.8 Å². The molecule has 0 fully saturated rings. The van der Waals surface area contributed by atoms with E-state index in [9.17, 15) is 14.4 Å².